The van der Waals surface area contributed by atoms with Crippen molar-refractivity contribution in [2.75, 3.05) is 0 Å². The number of phenols is 1. The molecular weight excluding hydrogens is 372 g/mol. The number of amides is 1. The highest BCUT2D eigenvalue weighted by molar-refractivity contribution is 5.86. The quantitative estimate of drug-likeness (QED) is 0.608. The number of aromatic hydroxyl groups is 1. The summed E-state index contributed by atoms with van der Waals surface area (Å²) < 4.78 is 6.41. The lowest BCUT2D eigenvalue weighted by atomic mass is 9.57. The van der Waals surface area contributed by atoms with E-state index in [9.17, 15) is 9.90 Å². The second-order valence-electron chi connectivity index (χ2n) is 9.21. The Morgan fingerprint density at radius 2 is 1.97 bits per heavy atom. The first-order valence-electron chi connectivity index (χ1n) is 10.6. The van der Waals surface area contributed by atoms with Crippen LogP contribution in [0.1, 0.15) is 52.0 Å². The van der Waals surface area contributed by atoms with Crippen molar-refractivity contribution in [3.63, 3.8) is 0 Å². The Morgan fingerprint density at radius 1 is 1.17 bits per heavy atom. The molecule has 7 nitrogen and oxygen atoms in total. The molecule has 0 unspecified atom stereocenters. The van der Waals surface area contributed by atoms with Crippen LogP contribution in [0.3, 0.4) is 0 Å². The van der Waals surface area contributed by atoms with Gasteiger partial charge in [-0.15, -0.1) is 0 Å². The van der Waals surface area contributed by atoms with Crippen LogP contribution in [-0.4, -0.2) is 39.9 Å². The molecule has 1 spiro atoms. The van der Waals surface area contributed by atoms with E-state index in [0.29, 0.717) is 17.9 Å². The van der Waals surface area contributed by atoms with Gasteiger partial charge in [0.1, 0.15) is 5.75 Å². The van der Waals surface area contributed by atoms with E-state index in [1.54, 1.807) is 18.2 Å². The van der Waals surface area contributed by atoms with Gasteiger partial charge in [0.25, 0.3) is 0 Å². The highest BCUT2D eigenvalue weighted by Gasteiger charge is 2.70. The molecule has 4 saturated heterocycles. The molecule has 7 heteroatoms. The molecule has 0 aromatic heterocycles. The van der Waals surface area contributed by atoms with Gasteiger partial charge >= 0.3 is 0 Å². The number of nitrogens with zero attached hydrogens (tertiary/aromatic N) is 2. The summed E-state index contributed by atoms with van der Waals surface area (Å²) >= 11 is 0. The number of para-hydroxylation sites is 1. The van der Waals surface area contributed by atoms with Crippen molar-refractivity contribution in [2.45, 2.75) is 64.1 Å². The highest BCUT2D eigenvalue weighted by Crippen LogP contribution is 2.60. The Morgan fingerprint density at radius 3 is 2.76 bits per heavy atom. The van der Waals surface area contributed by atoms with Crippen LogP contribution in [0.5, 0.6) is 5.75 Å². The van der Waals surface area contributed by atoms with Crippen molar-refractivity contribution in [2.24, 2.45) is 28.8 Å². The summed E-state index contributed by atoms with van der Waals surface area (Å²) in [5.74, 6) is -0.409. The minimum absolute atomic E-state index is 0.0282. The number of fused-ring (bicyclic) bond motifs is 2. The normalized spacial score (nSPS) is 44.0. The van der Waals surface area contributed by atoms with Crippen molar-refractivity contribution >= 4 is 12.1 Å². The van der Waals surface area contributed by atoms with Gasteiger partial charge in [0.15, 0.2) is 11.8 Å². The minimum Gasteiger partial charge on any atom is -0.507 e. The zero-order chi connectivity index (χ0) is 20.4. The third-order valence-corrected chi connectivity index (χ3v) is 7.50. The molecule has 0 radical (unpaired) electrons. The molecule has 1 amide bonds. The predicted molar refractivity (Wildman–Crippen MR) is 105 cm³/mol. The molecule has 4 heterocycles. The summed E-state index contributed by atoms with van der Waals surface area (Å²) in [6.45, 7) is 6.08. The van der Waals surface area contributed by atoms with Crippen LogP contribution in [-0.2, 0) is 19.3 Å². The van der Waals surface area contributed by atoms with Crippen LogP contribution in [0.2, 0.25) is 0 Å². The molecule has 5 aliphatic rings. The molecule has 1 N–H and O–H groups in total. The molecule has 156 valence electrons. The number of hydrogen-bond acceptors (Lipinski definition) is 6. The number of ether oxygens (including phenoxy) is 1. The molecule has 29 heavy (non-hydrogen) atoms. The second kappa shape index (κ2) is 6.52. The van der Waals surface area contributed by atoms with Crippen molar-refractivity contribution in [3.05, 3.63) is 29.8 Å². The van der Waals surface area contributed by atoms with Gasteiger partial charge in [-0.25, -0.2) is 14.8 Å². The smallest absolute Gasteiger partial charge is 0.248 e. The van der Waals surface area contributed by atoms with Crippen molar-refractivity contribution in [1.29, 1.82) is 0 Å². The van der Waals surface area contributed by atoms with Gasteiger partial charge < -0.3 is 9.84 Å². The number of hydrazone groups is 1. The average molecular weight is 400 g/mol. The molecular formula is C22H28N2O5. The van der Waals surface area contributed by atoms with Gasteiger partial charge in [-0.1, -0.05) is 26.0 Å². The lowest BCUT2D eigenvalue weighted by Crippen LogP contribution is -2.74. The lowest BCUT2D eigenvalue weighted by molar-refractivity contribution is -0.547. The largest absolute Gasteiger partial charge is 0.507 e. The number of rotatable bonds is 2. The van der Waals surface area contributed by atoms with E-state index < -0.39 is 17.6 Å². The van der Waals surface area contributed by atoms with Crippen molar-refractivity contribution in [3.8, 4) is 5.75 Å². The summed E-state index contributed by atoms with van der Waals surface area (Å²) in [6, 6.07) is 6.91. The highest BCUT2D eigenvalue weighted by atomic mass is 17.3. The number of piperidine rings is 1. The Kier molecular flexibility index (Phi) is 4.28. The molecule has 1 aromatic carbocycles. The first-order chi connectivity index (χ1) is 13.9. The summed E-state index contributed by atoms with van der Waals surface area (Å²) in [6.07, 6.45) is 4.50. The van der Waals surface area contributed by atoms with Crippen LogP contribution in [0, 0.1) is 23.7 Å². The van der Waals surface area contributed by atoms with Crippen LogP contribution in [0.4, 0.5) is 0 Å². The number of hydrogen-bond donors (Lipinski definition) is 1. The van der Waals surface area contributed by atoms with E-state index in [1.807, 2.05) is 19.9 Å². The van der Waals surface area contributed by atoms with Crippen molar-refractivity contribution < 1.29 is 24.4 Å². The number of carbonyl (C=O) groups is 1. The third-order valence-electron chi connectivity index (χ3n) is 7.50. The van der Waals surface area contributed by atoms with E-state index in [1.165, 1.54) is 11.2 Å². The maximum atomic E-state index is 13.3. The molecule has 7 atom stereocenters. The van der Waals surface area contributed by atoms with E-state index >= 15 is 0 Å². The fraction of sp³-hybridized carbons (Fsp3) is 0.636. The molecule has 1 aliphatic carbocycles. The van der Waals surface area contributed by atoms with Crippen LogP contribution in [0.25, 0.3) is 0 Å². The van der Waals surface area contributed by atoms with Crippen molar-refractivity contribution in [1.82, 2.24) is 5.01 Å². The molecule has 4 aliphatic heterocycles. The Labute approximate surface area is 170 Å². The first kappa shape index (κ1) is 19.0. The van der Waals surface area contributed by atoms with Gasteiger partial charge in [0.05, 0.1) is 6.21 Å². The standard InChI is InChI=1S/C22H28N2O5/c1-13-8-9-17-14(2)19(26)24(23-12-15-6-4-5-7-18(15)25)20-22(17)16(13)10-11-21(3,27-20)28-29-22/h4-7,12-14,16-17,20,25H,8-11H2,1-3H3/b23-12+/t13-,14-,16+,17+,20-,21-,22-/m1/s1. The van der Waals surface area contributed by atoms with E-state index in [4.69, 9.17) is 14.5 Å². The topological polar surface area (TPSA) is 80.6 Å². The molecule has 1 aromatic rings. The van der Waals surface area contributed by atoms with Crippen LogP contribution >= 0.6 is 0 Å². The van der Waals surface area contributed by atoms with Gasteiger partial charge in [-0.3, -0.25) is 4.79 Å². The third kappa shape index (κ3) is 2.67. The van der Waals surface area contributed by atoms with Gasteiger partial charge in [0.2, 0.25) is 11.7 Å². The fourth-order valence-corrected chi connectivity index (χ4v) is 5.87. The monoisotopic (exact) mass is 400 g/mol. The zero-order valence-corrected chi connectivity index (χ0v) is 17.1. The summed E-state index contributed by atoms with van der Waals surface area (Å²) in [5.41, 5.74) is -0.180. The Balaban J connectivity index is 1.60. The molecule has 6 rings (SSSR count). The van der Waals surface area contributed by atoms with Gasteiger partial charge in [-0.2, -0.15) is 5.10 Å². The first-order valence-corrected chi connectivity index (χ1v) is 10.6. The number of phenolic OH excluding ortho intramolecular Hbond substituents is 1. The predicted octanol–water partition coefficient (Wildman–Crippen LogP) is 3.42. The van der Waals surface area contributed by atoms with E-state index in [2.05, 4.69) is 12.0 Å². The summed E-state index contributed by atoms with van der Waals surface area (Å²) in [7, 11) is 0. The lowest BCUT2D eigenvalue weighted by Gasteiger charge is -2.60. The van der Waals surface area contributed by atoms with Crippen LogP contribution in [0.15, 0.2) is 29.4 Å². The number of carbonyl (C=O) groups excluding carboxylic acids is 1. The number of benzene rings is 1. The second-order valence-corrected chi connectivity index (χ2v) is 9.21. The van der Waals surface area contributed by atoms with Gasteiger partial charge in [-0.05, 0) is 50.2 Å². The molecule has 1 saturated carbocycles. The summed E-state index contributed by atoms with van der Waals surface area (Å²) in [5, 5.41) is 16.0. The van der Waals surface area contributed by atoms with Gasteiger partial charge in [0, 0.05) is 23.8 Å². The maximum Gasteiger partial charge on any atom is 0.248 e. The minimum atomic E-state index is -0.902. The SMILES string of the molecule is C[C@@H]1CC[C@H]2[C@@H](C)C(=O)N(/N=C/c3ccccc3O)[C@@H]3O[C@@]4(C)CC[C@@H]1[C@@]23OO4. The zero-order valence-electron chi connectivity index (χ0n) is 17.1. The van der Waals surface area contributed by atoms with E-state index in [-0.39, 0.29) is 29.4 Å². The average Bonchev–Trinajstić information content (AvgIpc) is 2.94. The summed E-state index contributed by atoms with van der Waals surface area (Å²) in [4.78, 5) is 25.3. The van der Waals surface area contributed by atoms with E-state index in [0.717, 1.165) is 19.3 Å². The maximum absolute atomic E-state index is 13.3. The molecule has 5 fully saturated rings. The molecule has 2 bridgehead atoms. The Hall–Kier alpha value is -1.96. The van der Waals surface area contributed by atoms with Crippen LogP contribution < -0.4 is 0 Å². The fourth-order valence-electron chi connectivity index (χ4n) is 5.87. The Bertz CT molecular complexity index is 859.